The zero-order chi connectivity index (χ0) is 8.08. The molecule has 0 fully saturated rings. The van der Waals surface area contributed by atoms with Crippen LogP contribution in [0.3, 0.4) is 0 Å². The Kier molecular flexibility index (Phi) is 20.8. The molecule has 7 nitrogen and oxygen atoms in total. The minimum atomic E-state index is -5.14. The van der Waals surface area contributed by atoms with Crippen LogP contribution in [0.2, 0.25) is 0 Å². The zero-order valence-corrected chi connectivity index (χ0v) is 9.75. The van der Waals surface area contributed by atoms with E-state index in [0.29, 0.717) is 0 Å². The van der Waals surface area contributed by atoms with Crippen molar-refractivity contribution < 1.29 is 48.6 Å². The SMILES string of the molecule is CC(=O)O.N.O=P([O-])([O-])O.[Zn+2]. The topological polar surface area (TPSA) is 156 Å². The third-order valence-corrected chi connectivity index (χ3v) is 0. The van der Waals surface area contributed by atoms with Crippen LogP contribution in [0.4, 0.5) is 0 Å². The summed E-state index contributed by atoms with van der Waals surface area (Å²) in [6.45, 7) is 1.08. The Balaban J connectivity index is -0.0000000383. The Morgan fingerprint density at radius 1 is 1.45 bits per heavy atom. The molecule has 0 rings (SSSR count). The van der Waals surface area contributed by atoms with Crippen LogP contribution in [0.1, 0.15) is 6.92 Å². The third kappa shape index (κ3) is 25400. The van der Waals surface area contributed by atoms with Crippen LogP contribution in [0, 0.1) is 0 Å². The zero-order valence-electron chi connectivity index (χ0n) is 5.89. The summed E-state index contributed by atoms with van der Waals surface area (Å²) >= 11 is 0. The molecule has 0 amide bonds. The van der Waals surface area contributed by atoms with Gasteiger partial charge in [-0.25, -0.2) is 0 Å². The molecule has 0 saturated heterocycles. The maximum absolute atomic E-state index is 9.00. The van der Waals surface area contributed by atoms with Crippen molar-refractivity contribution in [3.63, 3.8) is 0 Å². The predicted octanol–water partition coefficient (Wildman–Crippen LogP) is -1.94. The van der Waals surface area contributed by atoms with Gasteiger partial charge in [0.15, 0.2) is 0 Å². The molecule has 9 heteroatoms. The van der Waals surface area contributed by atoms with Gasteiger partial charge in [0.25, 0.3) is 5.97 Å². The summed E-state index contributed by atoms with van der Waals surface area (Å²) in [5, 5.41) is 7.42. The molecule has 5 N–H and O–H groups in total. The smallest absolute Gasteiger partial charge is 0.790 e. The largest absolute Gasteiger partial charge is 2.00 e. The number of phosphoric acid groups is 1. The fraction of sp³-hybridized carbons (Fsp3) is 0.500. The summed E-state index contributed by atoms with van der Waals surface area (Å²) in [5.41, 5.74) is 0. The number of hydrogen-bond acceptors (Lipinski definition) is 5. The first-order valence-corrected chi connectivity index (χ1v) is 3.17. The molecular formula is C2H8NO6PZn. The Morgan fingerprint density at radius 3 is 1.45 bits per heavy atom. The molecule has 0 aromatic carbocycles. The molecule has 0 aliphatic carbocycles. The van der Waals surface area contributed by atoms with Gasteiger partial charge in [-0.05, 0) is 0 Å². The van der Waals surface area contributed by atoms with Crippen LogP contribution < -0.4 is 15.9 Å². The van der Waals surface area contributed by atoms with Crippen molar-refractivity contribution in [2.24, 2.45) is 0 Å². The van der Waals surface area contributed by atoms with Crippen molar-refractivity contribution in [3.05, 3.63) is 0 Å². The summed E-state index contributed by atoms with van der Waals surface area (Å²) in [4.78, 5) is 33.3. The monoisotopic (exact) mass is 237 g/mol. The molecule has 0 aromatic heterocycles. The van der Waals surface area contributed by atoms with Crippen molar-refractivity contribution >= 4 is 13.8 Å². The molecule has 64 valence electrons. The Hall–Kier alpha value is 0.163. The second-order valence-electron chi connectivity index (χ2n) is 0.988. The van der Waals surface area contributed by atoms with Crippen LogP contribution in [0.5, 0.6) is 0 Å². The second-order valence-corrected chi connectivity index (χ2v) is 1.92. The van der Waals surface area contributed by atoms with E-state index in [2.05, 4.69) is 0 Å². The molecule has 0 heterocycles. The van der Waals surface area contributed by atoms with Gasteiger partial charge in [0, 0.05) is 6.92 Å². The molecule has 0 spiro atoms. The van der Waals surface area contributed by atoms with Gasteiger partial charge < -0.3 is 30.5 Å². The van der Waals surface area contributed by atoms with E-state index < -0.39 is 13.8 Å². The first kappa shape index (κ1) is 22.5. The molecular weight excluding hydrogens is 230 g/mol. The number of carboxylic acid groups (broad SMARTS) is 1. The Morgan fingerprint density at radius 2 is 1.45 bits per heavy atom. The van der Waals surface area contributed by atoms with Gasteiger partial charge in [0.2, 0.25) is 0 Å². The molecule has 0 saturated carbocycles. The molecule has 0 unspecified atom stereocenters. The van der Waals surface area contributed by atoms with Crippen molar-refractivity contribution in [2.75, 3.05) is 0 Å². The number of hydrogen-bond donors (Lipinski definition) is 3. The molecule has 0 aromatic rings. The normalized spacial score (nSPS) is 7.64. The van der Waals surface area contributed by atoms with Crippen molar-refractivity contribution in [3.8, 4) is 0 Å². The predicted molar refractivity (Wildman–Crippen MR) is 28.2 cm³/mol. The van der Waals surface area contributed by atoms with Crippen LogP contribution in [0.15, 0.2) is 0 Å². The molecule has 0 atom stereocenters. The van der Waals surface area contributed by atoms with Crippen LogP contribution >= 0.6 is 7.82 Å². The van der Waals surface area contributed by atoms with Gasteiger partial charge in [0.05, 0.1) is 7.82 Å². The van der Waals surface area contributed by atoms with E-state index in [9.17, 15) is 0 Å². The van der Waals surface area contributed by atoms with Gasteiger partial charge in [-0.1, -0.05) is 0 Å². The van der Waals surface area contributed by atoms with Gasteiger partial charge in [0.1, 0.15) is 0 Å². The first-order chi connectivity index (χ1) is 3.73. The minimum absolute atomic E-state index is 0. The molecule has 0 aliphatic rings. The van der Waals surface area contributed by atoms with E-state index in [0.717, 1.165) is 6.92 Å². The standard InChI is InChI=1S/C2H4O2.H3N.H3O4P.Zn/c1-2(3)4;;1-5(2,3)4;/h1H3,(H,3,4);1H3;(H3,1,2,3,4);/q;;;+2/p-2. The third-order valence-electron chi connectivity index (χ3n) is 0. The van der Waals surface area contributed by atoms with E-state index in [1.807, 2.05) is 0 Å². The van der Waals surface area contributed by atoms with Crippen molar-refractivity contribution in [1.82, 2.24) is 6.15 Å². The average Bonchev–Trinajstić information content (AvgIpc) is 1.19. The molecule has 0 radical (unpaired) electrons. The molecule has 0 aliphatic heterocycles. The summed E-state index contributed by atoms with van der Waals surface area (Å²) in [7, 11) is -5.14. The molecule has 11 heavy (non-hydrogen) atoms. The average molecular weight is 238 g/mol. The van der Waals surface area contributed by atoms with Crippen molar-refractivity contribution in [1.29, 1.82) is 0 Å². The van der Waals surface area contributed by atoms with Gasteiger partial charge >= 0.3 is 19.5 Å². The summed E-state index contributed by atoms with van der Waals surface area (Å²) in [6.07, 6.45) is 0. The summed E-state index contributed by atoms with van der Waals surface area (Å²) in [6, 6.07) is 0. The second kappa shape index (κ2) is 10.2. The summed E-state index contributed by atoms with van der Waals surface area (Å²) < 4.78 is 8.66. The fourth-order valence-corrected chi connectivity index (χ4v) is 0. The maximum atomic E-state index is 9.00. The minimum Gasteiger partial charge on any atom is -0.790 e. The molecule has 0 bridgehead atoms. The van der Waals surface area contributed by atoms with Crippen LogP contribution in [-0.2, 0) is 28.8 Å². The number of rotatable bonds is 0. The van der Waals surface area contributed by atoms with Crippen LogP contribution in [-0.4, -0.2) is 16.0 Å². The van der Waals surface area contributed by atoms with Crippen LogP contribution in [0.25, 0.3) is 0 Å². The van der Waals surface area contributed by atoms with E-state index in [-0.39, 0.29) is 25.6 Å². The van der Waals surface area contributed by atoms with Gasteiger partial charge in [-0.3, -0.25) is 4.79 Å². The quantitative estimate of drug-likeness (QED) is 0.327. The van der Waals surface area contributed by atoms with E-state index in [4.69, 9.17) is 29.1 Å². The van der Waals surface area contributed by atoms with Crippen molar-refractivity contribution in [2.45, 2.75) is 6.92 Å². The summed E-state index contributed by atoms with van der Waals surface area (Å²) in [5.74, 6) is -0.833. The Bertz CT molecular complexity index is 120. The van der Waals surface area contributed by atoms with Gasteiger partial charge in [-0.15, -0.1) is 0 Å². The van der Waals surface area contributed by atoms with E-state index >= 15 is 0 Å². The van der Waals surface area contributed by atoms with E-state index in [1.165, 1.54) is 0 Å². The maximum Gasteiger partial charge on any atom is 2.00 e. The van der Waals surface area contributed by atoms with Gasteiger partial charge in [-0.2, -0.15) is 0 Å². The number of carboxylic acids is 1. The fourth-order valence-electron chi connectivity index (χ4n) is 0. The van der Waals surface area contributed by atoms with E-state index in [1.54, 1.807) is 0 Å². The first-order valence-electron chi connectivity index (χ1n) is 1.68. The number of carbonyl (C=O) groups is 1. The number of aliphatic carboxylic acids is 1. The Labute approximate surface area is 76.0 Å².